The molecule has 2 aliphatic heterocycles. The van der Waals surface area contributed by atoms with Crippen LogP contribution in [0.15, 0.2) is 23.3 Å². The summed E-state index contributed by atoms with van der Waals surface area (Å²) in [5, 5.41) is 0. The van der Waals surface area contributed by atoms with Gasteiger partial charge in [-0.25, -0.2) is 9.98 Å². The minimum atomic E-state index is 0.0642. The van der Waals surface area contributed by atoms with E-state index in [2.05, 4.69) is 4.98 Å². The number of guanidine groups is 1. The van der Waals surface area contributed by atoms with E-state index in [1.165, 1.54) is 12.8 Å². The highest BCUT2D eigenvalue weighted by Gasteiger charge is 2.46. The Balaban J connectivity index is 1.84. The average Bonchev–Trinajstić information content (AvgIpc) is 2.84. The number of anilines is 1. The normalized spacial score (nSPS) is 28.7. The standard InChI is InChI=1S/C14H16N4O/c1-17-12-9(5-4-8-15-12)13(19)18-11-7-3-2-6-10(11)16-14(17)18/h4-5,8,10-11H,2-3,6-7H2,1H3/t10-,11-/m1/s1. The molecule has 5 nitrogen and oxygen atoms in total. The van der Waals surface area contributed by atoms with E-state index in [1.54, 1.807) is 6.20 Å². The Hall–Kier alpha value is -1.91. The van der Waals surface area contributed by atoms with Gasteiger partial charge in [0, 0.05) is 13.2 Å². The molecule has 98 valence electrons. The van der Waals surface area contributed by atoms with Crippen LogP contribution < -0.4 is 4.90 Å². The van der Waals surface area contributed by atoms with Gasteiger partial charge in [-0.1, -0.05) is 12.8 Å². The Morgan fingerprint density at radius 2 is 2.16 bits per heavy atom. The monoisotopic (exact) mass is 256 g/mol. The zero-order chi connectivity index (χ0) is 13.0. The molecular weight excluding hydrogens is 240 g/mol. The summed E-state index contributed by atoms with van der Waals surface area (Å²) in [6, 6.07) is 4.21. The SMILES string of the molecule is CN1C2=N[C@@H]3CCCC[C@H]3N2C(=O)c2cccnc21. The zero-order valence-corrected chi connectivity index (χ0v) is 10.9. The number of carbonyl (C=O) groups is 1. The van der Waals surface area contributed by atoms with Gasteiger partial charge < -0.3 is 0 Å². The maximum atomic E-state index is 12.7. The lowest BCUT2D eigenvalue weighted by Gasteiger charge is -2.37. The quantitative estimate of drug-likeness (QED) is 0.709. The fourth-order valence-electron chi connectivity index (χ4n) is 3.45. The molecule has 1 aliphatic carbocycles. The van der Waals surface area contributed by atoms with E-state index in [4.69, 9.17) is 4.99 Å². The summed E-state index contributed by atoms with van der Waals surface area (Å²) in [6.45, 7) is 0. The van der Waals surface area contributed by atoms with E-state index in [-0.39, 0.29) is 18.0 Å². The fourth-order valence-corrected chi connectivity index (χ4v) is 3.45. The van der Waals surface area contributed by atoms with Crippen LogP contribution in [-0.4, -0.2) is 40.9 Å². The Bertz CT molecular complexity index is 583. The largest absolute Gasteiger partial charge is 0.299 e. The van der Waals surface area contributed by atoms with Crippen LogP contribution in [0, 0.1) is 0 Å². The van der Waals surface area contributed by atoms with E-state index in [9.17, 15) is 4.79 Å². The van der Waals surface area contributed by atoms with E-state index < -0.39 is 0 Å². The molecule has 3 heterocycles. The molecular formula is C14H16N4O. The van der Waals surface area contributed by atoms with Gasteiger partial charge in [-0.05, 0) is 25.0 Å². The Labute approximate surface area is 111 Å². The summed E-state index contributed by atoms with van der Waals surface area (Å²) in [5.41, 5.74) is 0.690. The lowest BCUT2D eigenvalue weighted by molar-refractivity contribution is 0.0778. The van der Waals surface area contributed by atoms with Crippen LogP contribution in [0.1, 0.15) is 36.0 Å². The summed E-state index contributed by atoms with van der Waals surface area (Å²) in [4.78, 5) is 25.6. The van der Waals surface area contributed by atoms with Gasteiger partial charge in [0.2, 0.25) is 5.96 Å². The van der Waals surface area contributed by atoms with Gasteiger partial charge in [0.05, 0.1) is 17.6 Å². The average molecular weight is 256 g/mol. The van der Waals surface area contributed by atoms with Crippen molar-refractivity contribution in [3.63, 3.8) is 0 Å². The van der Waals surface area contributed by atoms with Crippen molar-refractivity contribution in [2.75, 3.05) is 11.9 Å². The smallest absolute Gasteiger partial charge is 0.264 e. The Kier molecular flexibility index (Phi) is 2.19. The van der Waals surface area contributed by atoms with E-state index in [0.717, 1.165) is 24.6 Å². The molecule has 1 saturated carbocycles. The first kappa shape index (κ1) is 11.0. The summed E-state index contributed by atoms with van der Waals surface area (Å²) in [5.74, 6) is 1.57. The minimum absolute atomic E-state index is 0.0642. The number of carbonyl (C=O) groups excluding carboxylic acids is 1. The molecule has 1 aromatic rings. The lowest BCUT2D eigenvalue weighted by atomic mass is 9.90. The van der Waals surface area contributed by atoms with Crippen molar-refractivity contribution in [1.29, 1.82) is 0 Å². The van der Waals surface area contributed by atoms with Crippen LogP contribution in [0.25, 0.3) is 0 Å². The first-order valence-corrected chi connectivity index (χ1v) is 6.87. The number of hydrogen-bond acceptors (Lipinski definition) is 4. The van der Waals surface area contributed by atoms with E-state index >= 15 is 0 Å². The molecule has 0 N–H and O–H groups in total. The molecule has 0 aromatic carbocycles. The maximum absolute atomic E-state index is 12.7. The number of rotatable bonds is 0. The maximum Gasteiger partial charge on any atom is 0.264 e. The molecule has 5 heteroatoms. The zero-order valence-electron chi connectivity index (χ0n) is 10.9. The van der Waals surface area contributed by atoms with Crippen molar-refractivity contribution in [2.45, 2.75) is 37.8 Å². The number of hydrogen-bond donors (Lipinski definition) is 0. The molecule has 0 saturated heterocycles. The highest BCUT2D eigenvalue weighted by Crippen LogP contribution is 2.36. The second-order valence-corrected chi connectivity index (χ2v) is 5.46. The number of nitrogens with zero attached hydrogens (tertiary/aromatic N) is 4. The summed E-state index contributed by atoms with van der Waals surface area (Å²) in [7, 11) is 1.95. The second-order valence-electron chi connectivity index (χ2n) is 5.46. The molecule has 1 aromatic heterocycles. The molecule has 1 amide bonds. The second kappa shape index (κ2) is 3.79. The van der Waals surface area contributed by atoms with Crippen molar-refractivity contribution in [3.8, 4) is 0 Å². The van der Waals surface area contributed by atoms with E-state index in [1.807, 2.05) is 29.0 Å². The van der Waals surface area contributed by atoms with Crippen LogP contribution in [0.2, 0.25) is 0 Å². The first-order valence-electron chi connectivity index (χ1n) is 6.87. The Morgan fingerprint density at radius 1 is 1.32 bits per heavy atom. The van der Waals surface area contributed by atoms with Crippen molar-refractivity contribution in [3.05, 3.63) is 23.9 Å². The molecule has 4 rings (SSSR count). The molecule has 0 bridgehead atoms. The molecule has 19 heavy (non-hydrogen) atoms. The predicted octanol–water partition coefficient (Wildman–Crippen LogP) is 1.65. The van der Waals surface area contributed by atoms with Gasteiger partial charge in [0.15, 0.2) is 0 Å². The van der Waals surface area contributed by atoms with Gasteiger partial charge in [-0.2, -0.15) is 0 Å². The number of pyridine rings is 1. The van der Waals surface area contributed by atoms with Crippen molar-refractivity contribution in [2.24, 2.45) is 4.99 Å². The van der Waals surface area contributed by atoms with Gasteiger partial charge in [-0.3, -0.25) is 14.6 Å². The molecule has 2 atom stereocenters. The highest BCUT2D eigenvalue weighted by molar-refractivity contribution is 6.18. The molecule has 0 radical (unpaired) electrons. The third kappa shape index (κ3) is 1.38. The van der Waals surface area contributed by atoms with Gasteiger partial charge >= 0.3 is 0 Å². The number of aromatic nitrogens is 1. The van der Waals surface area contributed by atoms with Crippen molar-refractivity contribution in [1.82, 2.24) is 9.88 Å². The summed E-state index contributed by atoms with van der Waals surface area (Å²) >= 11 is 0. The third-order valence-electron chi connectivity index (χ3n) is 4.38. The molecule has 3 aliphatic rings. The van der Waals surface area contributed by atoms with Crippen LogP contribution in [0.4, 0.5) is 5.82 Å². The number of amides is 1. The molecule has 0 spiro atoms. The van der Waals surface area contributed by atoms with Gasteiger partial charge in [-0.15, -0.1) is 0 Å². The molecule has 0 unspecified atom stereocenters. The Morgan fingerprint density at radius 3 is 3.05 bits per heavy atom. The van der Waals surface area contributed by atoms with Crippen LogP contribution in [0.5, 0.6) is 0 Å². The van der Waals surface area contributed by atoms with Crippen LogP contribution in [-0.2, 0) is 0 Å². The van der Waals surface area contributed by atoms with Gasteiger partial charge in [0.25, 0.3) is 5.91 Å². The third-order valence-corrected chi connectivity index (χ3v) is 4.38. The molecule has 1 fully saturated rings. The lowest BCUT2D eigenvalue weighted by Crippen LogP contribution is -2.53. The van der Waals surface area contributed by atoms with Crippen molar-refractivity contribution >= 4 is 17.7 Å². The summed E-state index contributed by atoms with van der Waals surface area (Å²) < 4.78 is 0. The number of aliphatic imine (C=N–C) groups is 1. The van der Waals surface area contributed by atoms with Crippen LogP contribution >= 0.6 is 0 Å². The van der Waals surface area contributed by atoms with Crippen molar-refractivity contribution < 1.29 is 4.79 Å². The fraction of sp³-hybridized carbons (Fsp3) is 0.500. The van der Waals surface area contributed by atoms with Crippen LogP contribution in [0.3, 0.4) is 0 Å². The highest BCUT2D eigenvalue weighted by atomic mass is 16.2. The topological polar surface area (TPSA) is 48.8 Å². The van der Waals surface area contributed by atoms with E-state index in [0.29, 0.717) is 5.56 Å². The van der Waals surface area contributed by atoms with Gasteiger partial charge in [0.1, 0.15) is 5.82 Å². The predicted molar refractivity (Wildman–Crippen MR) is 72.3 cm³/mol. The summed E-state index contributed by atoms with van der Waals surface area (Å²) in [6.07, 6.45) is 6.29. The number of fused-ring (bicyclic) bond motifs is 4. The minimum Gasteiger partial charge on any atom is -0.299 e. The first-order chi connectivity index (χ1) is 9.27.